The van der Waals surface area contributed by atoms with Crippen LogP contribution in [0.5, 0.6) is 0 Å². The van der Waals surface area contributed by atoms with Crippen molar-refractivity contribution in [3.05, 3.63) is 11.8 Å². The van der Waals surface area contributed by atoms with Gasteiger partial charge in [0.25, 0.3) is 0 Å². The van der Waals surface area contributed by atoms with E-state index in [1.807, 2.05) is 13.1 Å². The zero-order valence-electron chi connectivity index (χ0n) is 11.6. The molecule has 6 nitrogen and oxygen atoms in total. The van der Waals surface area contributed by atoms with Gasteiger partial charge in [0.2, 0.25) is 5.95 Å². The minimum absolute atomic E-state index is 0.0265. The number of aliphatic hydroxyl groups excluding tert-OH is 1. The molecule has 0 saturated carbocycles. The maximum atomic E-state index is 9.44. The van der Waals surface area contributed by atoms with Gasteiger partial charge >= 0.3 is 0 Å². The summed E-state index contributed by atoms with van der Waals surface area (Å²) in [5.74, 6) is 1.53. The molecular weight excluding hydrogens is 244 g/mol. The highest BCUT2D eigenvalue weighted by Gasteiger charge is 2.25. The maximum Gasteiger partial charge on any atom is 0.224 e. The second-order valence-corrected chi connectivity index (χ2v) is 4.73. The third-order valence-corrected chi connectivity index (χ3v) is 3.19. The molecule has 0 spiro atoms. The van der Waals surface area contributed by atoms with Gasteiger partial charge in [-0.2, -0.15) is 4.98 Å². The Labute approximate surface area is 113 Å². The molecule has 1 aromatic heterocycles. The number of nitrogens with zero attached hydrogens (tertiary/aromatic N) is 3. The first-order valence-corrected chi connectivity index (χ1v) is 6.79. The molecule has 2 rings (SSSR count). The number of nitrogens with one attached hydrogen (secondary N) is 1. The van der Waals surface area contributed by atoms with Crippen molar-refractivity contribution < 1.29 is 9.84 Å². The first kappa shape index (κ1) is 14.0. The Bertz CT molecular complexity index is 414. The normalized spacial score (nSPS) is 19.5. The van der Waals surface area contributed by atoms with Gasteiger partial charge in [0.15, 0.2) is 0 Å². The Balaban J connectivity index is 2.21. The van der Waals surface area contributed by atoms with Crippen LogP contribution in [-0.4, -0.2) is 54.0 Å². The molecule has 0 amide bonds. The minimum atomic E-state index is -0.0265. The van der Waals surface area contributed by atoms with Gasteiger partial charge in [-0.15, -0.1) is 0 Å². The third kappa shape index (κ3) is 3.33. The van der Waals surface area contributed by atoms with Crippen LogP contribution < -0.4 is 10.2 Å². The average molecular weight is 266 g/mol. The molecule has 1 aromatic rings. The van der Waals surface area contributed by atoms with E-state index in [1.165, 1.54) is 0 Å². The first-order valence-electron chi connectivity index (χ1n) is 6.79. The molecule has 6 heteroatoms. The van der Waals surface area contributed by atoms with E-state index in [0.717, 1.165) is 30.9 Å². The van der Waals surface area contributed by atoms with Gasteiger partial charge in [-0.05, 0) is 13.3 Å². The molecule has 19 heavy (non-hydrogen) atoms. The molecule has 0 aromatic carbocycles. The van der Waals surface area contributed by atoms with Gasteiger partial charge in [-0.3, -0.25) is 0 Å². The SMILES string of the molecule is CCCNc1ncc(C)c(N2CCOCC2CO)n1. The molecule has 1 aliphatic rings. The van der Waals surface area contributed by atoms with Crippen molar-refractivity contribution in [1.29, 1.82) is 0 Å². The van der Waals surface area contributed by atoms with E-state index in [2.05, 4.69) is 27.1 Å². The van der Waals surface area contributed by atoms with Crippen LogP contribution >= 0.6 is 0 Å². The smallest absolute Gasteiger partial charge is 0.224 e. The van der Waals surface area contributed by atoms with Crippen LogP contribution in [0.15, 0.2) is 6.20 Å². The fraction of sp³-hybridized carbons (Fsp3) is 0.692. The lowest BCUT2D eigenvalue weighted by Gasteiger charge is -2.36. The fourth-order valence-electron chi connectivity index (χ4n) is 2.13. The van der Waals surface area contributed by atoms with Crippen LogP contribution in [0.4, 0.5) is 11.8 Å². The van der Waals surface area contributed by atoms with E-state index >= 15 is 0 Å². The monoisotopic (exact) mass is 266 g/mol. The van der Waals surface area contributed by atoms with Crippen molar-refractivity contribution in [3.63, 3.8) is 0 Å². The largest absolute Gasteiger partial charge is 0.394 e. The van der Waals surface area contributed by atoms with Crippen molar-refractivity contribution in [2.75, 3.05) is 43.1 Å². The van der Waals surface area contributed by atoms with Gasteiger partial charge in [-0.25, -0.2) is 4.98 Å². The quantitative estimate of drug-likeness (QED) is 0.821. The van der Waals surface area contributed by atoms with Gasteiger partial charge < -0.3 is 20.1 Å². The number of aryl methyl sites for hydroxylation is 1. The highest BCUT2D eigenvalue weighted by atomic mass is 16.5. The summed E-state index contributed by atoms with van der Waals surface area (Å²) in [5.41, 5.74) is 1.02. The van der Waals surface area contributed by atoms with Crippen molar-refractivity contribution in [1.82, 2.24) is 9.97 Å². The topological polar surface area (TPSA) is 70.5 Å². The lowest BCUT2D eigenvalue weighted by Crippen LogP contribution is -2.48. The summed E-state index contributed by atoms with van der Waals surface area (Å²) in [4.78, 5) is 11.0. The van der Waals surface area contributed by atoms with Gasteiger partial charge in [-0.1, -0.05) is 6.92 Å². The summed E-state index contributed by atoms with van der Waals surface area (Å²) in [5, 5.41) is 12.6. The summed E-state index contributed by atoms with van der Waals surface area (Å²) >= 11 is 0. The number of rotatable bonds is 5. The van der Waals surface area contributed by atoms with E-state index in [0.29, 0.717) is 19.2 Å². The molecule has 0 bridgehead atoms. The predicted molar refractivity (Wildman–Crippen MR) is 74.6 cm³/mol. The molecule has 1 unspecified atom stereocenters. The molecule has 0 aliphatic carbocycles. The molecule has 1 fully saturated rings. The van der Waals surface area contributed by atoms with Crippen LogP contribution in [0.3, 0.4) is 0 Å². The Morgan fingerprint density at radius 3 is 3.16 bits per heavy atom. The van der Waals surface area contributed by atoms with E-state index in [4.69, 9.17) is 4.74 Å². The number of aromatic nitrogens is 2. The van der Waals surface area contributed by atoms with Crippen molar-refractivity contribution >= 4 is 11.8 Å². The van der Waals surface area contributed by atoms with Gasteiger partial charge in [0.05, 0.1) is 25.9 Å². The summed E-state index contributed by atoms with van der Waals surface area (Å²) in [6, 6.07) is -0.0265. The molecule has 2 heterocycles. The van der Waals surface area contributed by atoms with Gasteiger partial charge in [0, 0.05) is 24.8 Å². The molecule has 2 N–H and O–H groups in total. The first-order chi connectivity index (χ1) is 9.26. The van der Waals surface area contributed by atoms with Gasteiger partial charge in [0.1, 0.15) is 5.82 Å². The second-order valence-electron chi connectivity index (χ2n) is 4.73. The molecular formula is C13H22N4O2. The highest BCUT2D eigenvalue weighted by molar-refractivity contribution is 5.50. The van der Waals surface area contributed by atoms with E-state index in [9.17, 15) is 5.11 Å². The Hall–Kier alpha value is -1.40. The number of anilines is 2. The Kier molecular flexibility index (Phi) is 4.93. The standard InChI is InChI=1S/C13H22N4O2/c1-3-4-14-13-15-7-10(2)12(16-13)17-5-6-19-9-11(17)8-18/h7,11,18H,3-6,8-9H2,1-2H3,(H,14,15,16). The number of morpholine rings is 1. The fourth-order valence-corrected chi connectivity index (χ4v) is 2.13. The number of ether oxygens (including phenoxy) is 1. The molecule has 1 saturated heterocycles. The highest BCUT2D eigenvalue weighted by Crippen LogP contribution is 2.22. The summed E-state index contributed by atoms with van der Waals surface area (Å²) < 4.78 is 5.40. The number of hydrogen-bond donors (Lipinski definition) is 2. The van der Waals surface area contributed by atoms with Crippen molar-refractivity contribution in [2.24, 2.45) is 0 Å². The van der Waals surface area contributed by atoms with E-state index < -0.39 is 0 Å². The lowest BCUT2D eigenvalue weighted by atomic mass is 10.2. The van der Waals surface area contributed by atoms with E-state index in [1.54, 1.807) is 0 Å². The summed E-state index contributed by atoms with van der Waals surface area (Å²) in [6.07, 6.45) is 2.85. The predicted octanol–water partition coefficient (Wildman–Crippen LogP) is 0.804. The zero-order valence-corrected chi connectivity index (χ0v) is 11.6. The molecule has 106 valence electrons. The molecule has 1 aliphatic heterocycles. The molecule has 1 atom stereocenters. The Morgan fingerprint density at radius 2 is 2.42 bits per heavy atom. The number of hydrogen-bond acceptors (Lipinski definition) is 6. The zero-order chi connectivity index (χ0) is 13.7. The minimum Gasteiger partial charge on any atom is -0.394 e. The lowest BCUT2D eigenvalue weighted by molar-refractivity contribution is 0.0722. The third-order valence-electron chi connectivity index (χ3n) is 3.19. The van der Waals surface area contributed by atoms with Crippen molar-refractivity contribution in [2.45, 2.75) is 26.3 Å². The van der Waals surface area contributed by atoms with Crippen LogP contribution in [-0.2, 0) is 4.74 Å². The second kappa shape index (κ2) is 6.68. The van der Waals surface area contributed by atoms with Crippen LogP contribution in [0.2, 0.25) is 0 Å². The number of aliphatic hydroxyl groups is 1. The Morgan fingerprint density at radius 1 is 1.58 bits per heavy atom. The molecule has 0 radical (unpaired) electrons. The summed E-state index contributed by atoms with van der Waals surface area (Å²) in [7, 11) is 0. The average Bonchev–Trinajstić information content (AvgIpc) is 2.46. The van der Waals surface area contributed by atoms with Crippen LogP contribution in [0, 0.1) is 6.92 Å². The summed E-state index contributed by atoms with van der Waals surface area (Å²) in [6.45, 7) is 6.97. The van der Waals surface area contributed by atoms with E-state index in [-0.39, 0.29) is 12.6 Å². The van der Waals surface area contributed by atoms with Crippen molar-refractivity contribution in [3.8, 4) is 0 Å². The van der Waals surface area contributed by atoms with Crippen LogP contribution in [0.1, 0.15) is 18.9 Å². The maximum absolute atomic E-state index is 9.44. The van der Waals surface area contributed by atoms with Crippen LogP contribution in [0.25, 0.3) is 0 Å².